The molecule has 1 aromatic heterocycles. The zero-order valence-electron chi connectivity index (χ0n) is 16.0. The highest BCUT2D eigenvalue weighted by atomic mass is 32.1. The molecule has 2 heterocycles. The molecule has 2 aromatic carbocycles. The number of carbonyl (C=O) groups excluding carboxylic acids is 2. The van der Waals surface area contributed by atoms with E-state index in [2.05, 4.69) is 15.4 Å². The molecule has 3 aromatic rings. The van der Waals surface area contributed by atoms with Gasteiger partial charge < -0.3 is 0 Å². The summed E-state index contributed by atoms with van der Waals surface area (Å²) in [6.07, 6.45) is 0.595. The molecule has 0 spiro atoms. The number of hydrazone groups is 1. The molecular weight excluding hydrogens is 384 g/mol. The Hall–Kier alpha value is -3.32. The number of nitrogens with one attached hydrogen (secondary N) is 1. The zero-order valence-corrected chi connectivity index (χ0v) is 16.8. The van der Waals surface area contributed by atoms with Crippen LogP contribution in [0.4, 0.5) is 5.13 Å². The van der Waals surface area contributed by atoms with E-state index in [-0.39, 0.29) is 18.2 Å². The van der Waals surface area contributed by atoms with E-state index in [1.165, 1.54) is 16.3 Å². The predicted molar refractivity (Wildman–Crippen MR) is 115 cm³/mol. The molecule has 0 saturated heterocycles. The lowest BCUT2D eigenvalue weighted by Gasteiger charge is -2.23. The first kappa shape index (κ1) is 19.0. The van der Waals surface area contributed by atoms with E-state index in [9.17, 15) is 9.59 Å². The normalized spacial score (nSPS) is 13.9. The van der Waals surface area contributed by atoms with E-state index < -0.39 is 0 Å². The van der Waals surface area contributed by atoms with E-state index in [1.54, 1.807) is 0 Å². The van der Waals surface area contributed by atoms with E-state index in [4.69, 9.17) is 0 Å². The number of anilines is 1. The fraction of sp³-hybridized carbons (Fsp3) is 0.182. The van der Waals surface area contributed by atoms with Gasteiger partial charge in [-0.1, -0.05) is 54.6 Å². The van der Waals surface area contributed by atoms with Gasteiger partial charge in [-0.15, -0.1) is 11.3 Å². The maximum absolute atomic E-state index is 12.7. The van der Waals surface area contributed by atoms with Crippen LogP contribution in [0.1, 0.15) is 24.0 Å². The van der Waals surface area contributed by atoms with Gasteiger partial charge in [-0.25, -0.2) is 9.99 Å². The van der Waals surface area contributed by atoms with Crippen LogP contribution in [-0.4, -0.2) is 27.5 Å². The third-order valence-corrected chi connectivity index (χ3v) is 5.45. The summed E-state index contributed by atoms with van der Waals surface area (Å²) in [7, 11) is 0. The third kappa shape index (κ3) is 4.41. The number of amides is 2. The minimum atomic E-state index is -0.318. The lowest BCUT2D eigenvalue weighted by molar-refractivity contribution is -0.132. The van der Waals surface area contributed by atoms with Crippen molar-refractivity contribution in [2.45, 2.75) is 26.3 Å². The monoisotopic (exact) mass is 404 g/mol. The van der Waals surface area contributed by atoms with Crippen molar-refractivity contribution in [2.75, 3.05) is 5.32 Å². The molecule has 0 atom stereocenters. The maximum Gasteiger partial charge on any atom is 0.273 e. The molecule has 0 aliphatic carbocycles. The van der Waals surface area contributed by atoms with Crippen LogP contribution in [0.5, 0.6) is 0 Å². The van der Waals surface area contributed by atoms with Gasteiger partial charge in [0.25, 0.3) is 5.91 Å². The Labute approximate surface area is 172 Å². The smallest absolute Gasteiger partial charge is 0.273 e. The molecule has 0 unspecified atom stereocenters. The number of carbonyl (C=O) groups is 2. The van der Waals surface area contributed by atoms with Crippen LogP contribution < -0.4 is 5.32 Å². The van der Waals surface area contributed by atoms with Crippen molar-refractivity contribution in [3.8, 4) is 11.3 Å². The lowest BCUT2D eigenvalue weighted by atomic mass is 10.1. The zero-order chi connectivity index (χ0) is 20.2. The highest BCUT2D eigenvalue weighted by molar-refractivity contribution is 7.14. The first-order valence-corrected chi connectivity index (χ1v) is 10.2. The third-order valence-electron chi connectivity index (χ3n) is 4.69. The van der Waals surface area contributed by atoms with Gasteiger partial charge in [0.15, 0.2) is 5.13 Å². The summed E-state index contributed by atoms with van der Waals surface area (Å²) in [6.45, 7) is 2.38. The molecule has 29 heavy (non-hydrogen) atoms. The summed E-state index contributed by atoms with van der Waals surface area (Å²) >= 11 is 1.37. The van der Waals surface area contributed by atoms with E-state index in [1.807, 2.05) is 66.9 Å². The molecule has 0 radical (unpaired) electrons. The molecule has 1 aliphatic heterocycles. The van der Waals surface area contributed by atoms with Crippen molar-refractivity contribution >= 4 is 34.0 Å². The molecule has 1 N–H and O–H groups in total. The van der Waals surface area contributed by atoms with Crippen molar-refractivity contribution in [3.05, 3.63) is 71.1 Å². The minimum absolute atomic E-state index is 0.0820. The van der Waals surface area contributed by atoms with E-state index in [0.717, 1.165) is 22.4 Å². The summed E-state index contributed by atoms with van der Waals surface area (Å²) in [5.41, 5.74) is 4.30. The molecule has 7 heteroatoms. The fourth-order valence-corrected chi connectivity index (χ4v) is 3.83. The number of aryl methyl sites for hydroxylation is 1. The molecule has 0 bridgehead atoms. The van der Waals surface area contributed by atoms with Gasteiger partial charge in [-0.05, 0) is 18.1 Å². The second-order valence-electron chi connectivity index (χ2n) is 6.79. The Balaban J connectivity index is 1.47. The average Bonchev–Trinajstić information content (AvgIpc) is 3.19. The lowest BCUT2D eigenvalue weighted by Crippen LogP contribution is -2.36. The van der Waals surface area contributed by atoms with Crippen molar-refractivity contribution in [1.82, 2.24) is 9.99 Å². The topological polar surface area (TPSA) is 74.7 Å². The summed E-state index contributed by atoms with van der Waals surface area (Å²) in [5.74, 6) is -0.400. The van der Waals surface area contributed by atoms with E-state index in [0.29, 0.717) is 23.8 Å². The van der Waals surface area contributed by atoms with Crippen LogP contribution in [-0.2, 0) is 16.1 Å². The van der Waals surface area contributed by atoms with Crippen LogP contribution in [0.3, 0.4) is 0 Å². The highest BCUT2D eigenvalue weighted by Crippen LogP contribution is 2.27. The molecule has 146 valence electrons. The fourth-order valence-electron chi connectivity index (χ4n) is 3.13. The first-order chi connectivity index (χ1) is 14.1. The van der Waals surface area contributed by atoms with Gasteiger partial charge in [0.05, 0.1) is 12.2 Å². The quantitative estimate of drug-likeness (QED) is 0.691. The molecule has 0 saturated carbocycles. The van der Waals surface area contributed by atoms with Crippen molar-refractivity contribution in [3.63, 3.8) is 0 Å². The number of nitrogens with zero attached hydrogens (tertiary/aromatic N) is 3. The number of rotatable bonds is 5. The predicted octanol–water partition coefficient (Wildman–Crippen LogP) is 4.24. The molecule has 4 rings (SSSR count). The summed E-state index contributed by atoms with van der Waals surface area (Å²) < 4.78 is 0. The Bertz CT molecular complexity index is 1080. The standard InChI is InChI=1S/C22H20N4O2S/c1-15-7-5-6-10-17(15)19-14-29-22(23-19)24-21(28)18-11-12-20(27)26(25-18)13-16-8-3-2-4-9-16/h2-10,14H,11-13H2,1H3,(H,23,24,28). The maximum atomic E-state index is 12.7. The Morgan fingerprint density at radius 2 is 1.86 bits per heavy atom. The Morgan fingerprint density at radius 1 is 1.10 bits per heavy atom. The van der Waals surface area contributed by atoms with Crippen LogP contribution in [0.25, 0.3) is 11.3 Å². The average molecular weight is 404 g/mol. The Kier molecular flexibility index (Phi) is 5.48. The van der Waals surface area contributed by atoms with Crippen LogP contribution in [0.15, 0.2) is 65.1 Å². The highest BCUT2D eigenvalue weighted by Gasteiger charge is 2.25. The number of thiazole rings is 1. The molecule has 0 fully saturated rings. The van der Waals surface area contributed by atoms with Crippen molar-refractivity contribution in [1.29, 1.82) is 0 Å². The van der Waals surface area contributed by atoms with Gasteiger partial charge in [-0.3, -0.25) is 14.9 Å². The minimum Gasteiger partial charge on any atom is -0.297 e. The molecule has 6 nitrogen and oxygen atoms in total. The van der Waals surface area contributed by atoms with Gasteiger partial charge >= 0.3 is 0 Å². The second-order valence-corrected chi connectivity index (χ2v) is 7.65. The second kappa shape index (κ2) is 8.36. The summed E-state index contributed by atoms with van der Waals surface area (Å²) in [4.78, 5) is 29.4. The van der Waals surface area contributed by atoms with Crippen LogP contribution >= 0.6 is 11.3 Å². The SMILES string of the molecule is Cc1ccccc1-c1csc(NC(=O)C2=NN(Cc3ccccc3)C(=O)CC2)n1. The van der Waals surface area contributed by atoms with Gasteiger partial charge in [-0.2, -0.15) is 5.10 Å². The van der Waals surface area contributed by atoms with Crippen molar-refractivity contribution < 1.29 is 9.59 Å². The number of benzene rings is 2. The largest absolute Gasteiger partial charge is 0.297 e. The van der Waals surface area contributed by atoms with Crippen molar-refractivity contribution in [2.24, 2.45) is 5.10 Å². The number of aromatic nitrogens is 1. The molecule has 1 aliphatic rings. The number of hydrogen-bond acceptors (Lipinski definition) is 5. The summed E-state index contributed by atoms with van der Waals surface area (Å²) in [6, 6.07) is 17.6. The number of hydrogen-bond donors (Lipinski definition) is 1. The van der Waals surface area contributed by atoms with Crippen LogP contribution in [0, 0.1) is 6.92 Å². The van der Waals surface area contributed by atoms with Crippen LogP contribution in [0.2, 0.25) is 0 Å². The molecule has 2 amide bonds. The summed E-state index contributed by atoms with van der Waals surface area (Å²) in [5, 5.41) is 10.9. The Morgan fingerprint density at radius 3 is 2.66 bits per heavy atom. The van der Waals surface area contributed by atoms with Gasteiger partial charge in [0, 0.05) is 23.8 Å². The first-order valence-electron chi connectivity index (χ1n) is 9.35. The van der Waals surface area contributed by atoms with Gasteiger partial charge in [0.2, 0.25) is 5.91 Å². The van der Waals surface area contributed by atoms with Gasteiger partial charge in [0.1, 0.15) is 5.71 Å². The molecular formula is C22H20N4O2S. The van der Waals surface area contributed by atoms with E-state index >= 15 is 0 Å².